The van der Waals surface area contributed by atoms with Crippen LogP contribution < -0.4 is 4.74 Å². The highest BCUT2D eigenvalue weighted by Crippen LogP contribution is 2.49. The summed E-state index contributed by atoms with van der Waals surface area (Å²) in [5, 5.41) is 0. The molecule has 3 rings (SSSR count). The predicted molar refractivity (Wildman–Crippen MR) is 79.1 cm³/mol. The minimum absolute atomic E-state index is 0.0742. The number of hydrogen-bond acceptors (Lipinski definition) is 5. The monoisotopic (exact) mass is 300 g/mol. The SMILES string of the molecule is C=C[C@@]1(C)COC(=O)[C@]12OC(c1ccc(OC)cc1)=CC2=O. The Balaban J connectivity index is 1.99. The standard InChI is InChI=1S/C17H16O5/c1-4-16(2)10-21-15(19)17(16)14(18)9-13(22-17)11-5-7-12(20-3)8-6-11/h4-9H,1,10H2,2-3H3/t16-,17-/m0/s1. The van der Waals surface area contributed by atoms with Crippen LogP contribution in [0.1, 0.15) is 12.5 Å². The molecule has 2 heterocycles. The van der Waals surface area contributed by atoms with Gasteiger partial charge in [0, 0.05) is 11.6 Å². The van der Waals surface area contributed by atoms with Crippen molar-refractivity contribution in [2.24, 2.45) is 5.41 Å². The highest BCUT2D eigenvalue weighted by Gasteiger charge is 2.68. The van der Waals surface area contributed by atoms with Gasteiger partial charge < -0.3 is 14.2 Å². The number of cyclic esters (lactones) is 1. The van der Waals surface area contributed by atoms with Gasteiger partial charge in [0.1, 0.15) is 18.1 Å². The van der Waals surface area contributed by atoms with E-state index in [4.69, 9.17) is 14.2 Å². The Bertz CT molecular complexity index is 688. The Kier molecular flexibility index (Phi) is 3.09. The maximum atomic E-state index is 12.5. The van der Waals surface area contributed by atoms with Crippen LogP contribution in [0.2, 0.25) is 0 Å². The van der Waals surface area contributed by atoms with Gasteiger partial charge in [-0.1, -0.05) is 6.08 Å². The fraction of sp³-hybridized carbons (Fsp3) is 0.294. The maximum absolute atomic E-state index is 12.5. The normalized spacial score (nSPS) is 30.0. The zero-order valence-electron chi connectivity index (χ0n) is 12.4. The summed E-state index contributed by atoms with van der Waals surface area (Å²) < 4.78 is 16.0. The van der Waals surface area contributed by atoms with E-state index in [1.807, 2.05) is 0 Å². The lowest BCUT2D eigenvalue weighted by Crippen LogP contribution is -2.52. The largest absolute Gasteiger partial charge is 0.497 e. The lowest BCUT2D eigenvalue weighted by atomic mass is 9.73. The van der Waals surface area contributed by atoms with Gasteiger partial charge >= 0.3 is 5.97 Å². The average Bonchev–Trinajstić information content (AvgIpc) is 3.02. The average molecular weight is 300 g/mol. The van der Waals surface area contributed by atoms with Crippen LogP contribution in [0.15, 0.2) is 43.0 Å². The number of rotatable bonds is 3. The number of carbonyl (C=O) groups is 2. The molecule has 2 atom stereocenters. The van der Waals surface area contributed by atoms with Gasteiger partial charge in [-0.2, -0.15) is 0 Å². The molecule has 0 radical (unpaired) electrons. The van der Waals surface area contributed by atoms with Crippen molar-refractivity contribution in [3.05, 3.63) is 48.6 Å². The lowest BCUT2D eigenvalue weighted by molar-refractivity contribution is -0.158. The van der Waals surface area contributed by atoms with Crippen LogP contribution in [0.4, 0.5) is 0 Å². The van der Waals surface area contributed by atoms with Gasteiger partial charge in [-0.3, -0.25) is 4.79 Å². The molecule has 0 aromatic heterocycles. The van der Waals surface area contributed by atoms with Crippen molar-refractivity contribution >= 4 is 17.5 Å². The summed E-state index contributed by atoms with van der Waals surface area (Å²) in [7, 11) is 1.57. The third-order valence-electron chi connectivity index (χ3n) is 4.29. The minimum Gasteiger partial charge on any atom is -0.497 e. The molecule has 1 spiro atoms. The van der Waals surface area contributed by atoms with Crippen LogP contribution in [-0.4, -0.2) is 31.1 Å². The summed E-state index contributed by atoms with van der Waals surface area (Å²) in [5.74, 6) is -0.0398. The van der Waals surface area contributed by atoms with E-state index in [1.54, 1.807) is 44.4 Å². The van der Waals surface area contributed by atoms with Gasteiger partial charge in [-0.15, -0.1) is 6.58 Å². The van der Waals surface area contributed by atoms with E-state index in [9.17, 15) is 9.59 Å². The van der Waals surface area contributed by atoms with Crippen LogP contribution in [0.25, 0.3) is 5.76 Å². The first kappa shape index (κ1) is 14.4. The number of methoxy groups -OCH3 is 1. The number of hydrogen-bond donors (Lipinski definition) is 0. The van der Waals surface area contributed by atoms with Crippen molar-refractivity contribution < 1.29 is 23.8 Å². The van der Waals surface area contributed by atoms with E-state index in [0.717, 1.165) is 0 Å². The topological polar surface area (TPSA) is 61.8 Å². The molecule has 0 bridgehead atoms. The minimum atomic E-state index is -1.66. The molecule has 1 fully saturated rings. The molecule has 0 aliphatic carbocycles. The molecule has 5 heteroatoms. The Hall–Kier alpha value is -2.56. The first-order chi connectivity index (χ1) is 10.5. The number of ether oxygens (including phenoxy) is 3. The third kappa shape index (κ3) is 1.71. The second-order valence-corrected chi connectivity index (χ2v) is 5.58. The molecule has 1 aromatic rings. The second kappa shape index (κ2) is 4.73. The molecule has 2 aliphatic heterocycles. The predicted octanol–water partition coefficient (Wildman–Crippen LogP) is 2.12. The van der Waals surface area contributed by atoms with E-state index >= 15 is 0 Å². The van der Waals surface area contributed by atoms with Crippen molar-refractivity contribution in [2.45, 2.75) is 12.5 Å². The molecular weight excluding hydrogens is 284 g/mol. The molecular formula is C17H16O5. The number of carbonyl (C=O) groups excluding carboxylic acids is 2. The molecule has 1 aromatic carbocycles. The van der Waals surface area contributed by atoms with E-state index in [2.05, 4.69) is 6.58 Å². The van der Waals surface area contributed by atoms with Crippen molar-refractivity contribution in [3.63, 3.8) is 0 Å². The summed E-state index contributed by atoms with van der Waals surface area (Å²) in [6, 6.07) is 7.05. The Morgan fingerprint density at radius 1 is 1.27 bits per heavy atom. The van der Waals surface area contributed by atoms with Crippen LogP contribution >= 0.6 is 0 Å². The molecule has 0 N–H and O–H groups in total. The molecule has 114 valence electrons. The maximum Gasteiger partial charge on any atom is 0.359 e. The third-order valence-corrected chi connectivity index (χ3v) is 4.29. The second-order valence-electron chi connectivity index (χ2n) is 5.58. The summed E-state index contributed by atoms with van der Waals surface area (Å²) in [4.78, 5) is 24.7. The van der Waals surface area contributed by atoms with Gasteiger partial charge in [0.05, 0.1) is 12.5 Å². The molecule has 22 heavy (non-hydrogen) atoms. The Morgan fingerprint density at radius 3 is 2.55 bits per heavy atom. The van der Waals surface area contributed by atoms with Crippen LogP contribution in [0.3, 0.4) is 0 Å². The summed E-state index contributed by atoms with van der Waals surface area (Å²) in [5.41, 5.74) is -1.87. The Labute approximate surface area is 128 Å². The molecule has 0 saturated carbocycles. The first-order valence-corrected chi connectivity index (χ1v) is 6.87. The zero-order chi connectivity index (χ0) is 16.0. The van der Waals surface area contributed by atoms with Gasteiger partial charge in [-0.05, 0) is 31.2 Å². The van der Waals surface area contributed by atoms with E-state index in [-0.39, 0.29) is 6.61 Å². The van der Waals surface area contributed by atoms with E-state index in [1.165, 1.54) is 6.08 Å². The first-order valence-electron chi connectivity index (χ1n) is 6.87. The van der Waals surface area contributed by atoms with Crippen LogP contribution in [0, 0.1) is 5.41 Å². The molecule has 0 amide bonds. The fourth-order valence-electron chi connectivity index (χ4n) is 2.76. The molecule has 2 aliphatic rings. The number of benzene rings is 1. The number of esters is 1. The quantitative estimate of drug-likeness (QED) is 0.486. The van der Waals surface area contributed by atoms with Gasteiger partial charge in [0.15, 0.2) is 0 Å². The van der Waals surface area contributed by atoms with Gasteiger partial charge in [0.25, 0.3) is 5.60 Å². The highest BCUT2D eigenvalue weighted by atomic mass is 16.6. The zero-order valence-corrected chi connectivity index (χ0v) is 12.4. The Morgan fingerprint density at radius 2 is 1.95 bits per heavy atom. The van der Waals surface area contributed by atoms with Crippen molar-refractivity contribution in [3.8, 4) is 5.75 Å². The van der Waals surface area contributed by atoms with Crippen LogP contribution in [-0.2, 0) is 19.1 Å². The van der Waals surface area contributed by atoms with Crippen molar-refractivity contribution in [1.82, 2.24) is 0 Å². The lowest BCUT2D eigenvalue weighted by Gasteiger charge is -2.31. The van der Waals surface area contributed by atoms with Crippen LogP contribution in [0.5, 0.6) is 5.75 Å². The van der Waals surface area contributed by atoms with E-state index in [0.29, 0.717) is 17.1 Å². The van der Waals surface area contributed by atoms with Crippen molar-refractivity contribution in [2.75, 3.05) is 13.7 Å². The smallest absolute Gasteiger partial charge is 0.359 e. The number of ketones is 1. The van der Waals surface area contributed by atoms with E-state index < -0.39 is 22.8 Å². The fourth-order valence-corrected chi connectivity index (χ4v) is 2.76. The molecule has 1 saturated heterocycles. The summed E-state index contributed by atoms with van der Waals surface area (Å²) in [6.07, 6.45) is 2.89. The van der Waals surface area contributed by atoms with Gasteiger partial charge in [0.2, 0.25) is 5.78 Å². The molecule has 5 nitrogen and oxygen atoms in total. The van der Waals surface area contributed by atoms with Gasteiger partial charge in [-0.25, -0.2) is 4.79 Å². The summed E-state index contributed by atoms with van der Waals surface area (Å²) >= 11 is 0. The molecule has 0 unspecified atom stereocenters. The highest BCUT2D eigenvalue weighted by molar-refractivity contribution is 6.19. The van der Waals surface area contributed by atoms with Crippen molar-refractivity contribution in [1.29, 1.82) is 0 Å². The summed E-state index contributed by atoms with van der Waals surface area (Å²) in [6.45, 7) is 5.52.